The molecular formula is C15H26N2O3. The minimum Gasteiger partial charge on any atom is -0.480 e. The third-order valence-corrected chi connectivity index (χ3v) is 5.63. The van der Waals surface area contributed by atoms with Crippen molar-refractivity contribution in [3.8, 4) is 0 Å². The van der Waals surface area contributed by atoms with Gasteiger partial charge in [0.15, 0.2) is 0 Å². The predicted octanol–water partition coefficient (Wildman–Crippen LogP) is 1.21. The van der Waals surface area contributed by atoms with E-state index in [1.807, 2.05) is 0 Å². The number of ether oxygens (including phenoxy) is 1. The van der Waals surface area contributed by atoms with E-state index < -0.39 is 11.5 Å². The Labute approximate surface area is 120 Å². The van der Waals surface area contributed by atoms with Gasteiger partial charge >= 0.3 is 5.97 Å². The first-order valence-electron chi connectivity index (χ1n) is 7.99. The summed E-state index contributed by atoms with van der Waals surface area (Å²) >= 11 is 0. The van der Waals surface area contributed by atoms with E-state index in [0.29, 0.717) is 18.6 Å². The SMILES string of the molecule is NC1(C(=O)O)CCCC1CCN1CCOC2CCCC21. The number of carboxylic acids is 1. The molecule has 0 aromatic carbocycles. The minimum atomic E-state index is -0.985. The molecule has 4 unspecified atom stereocenters. The molecule has 0 bridgehead atoms. The second-order valence-corrected chi connectivity index (χ2v) is 6.67. The highest BCUT2D eigenvalue weighted by Gasteiger charge is 2.46. The van der Waals surface area contributed by atoms with Crippen LogP contribution in [-0.2, 0) is 9.53 Å². The summed E-state index contributed by atoms with van der Waals surface area (Å²) in [4.78, 5) is 13.9. The highest BCUT2D eigenvalue weighted by Crippen LogP contribution is 2.37. The zero-order valence-corrected chi connectivity index (χ0v) is 12.1. The van der Waals surface area contributed by atoms with Crippen molar-refractivity contribution in [2.75, 3.05) is 19.7 Å². The van der Waals surface area contributed by atoms with Crippen molar-refractivity contribution in [1.29, 1.82) is 0 Å². The van der Waals surface area contributed by atoms with Crippen molar-refractivity contribution >= 4 is 5.97 Å². The monoisotopic (exact) mass is 282 g/mol. The van der Waals surface area contributed by atoms with Gasteiger partial charge in [0.2, 0.25) is 0 Å². The lowest BCUT2D eigenvalue weighted by atomic mass is 9.85. The van der Waals surface area contributed by atoms with Crippen LogP contribution in [-0.4, -0.2) is 53.4 Å². The predicted molar refractivity (Wildman–Crippen MR) is 75.5 cm³/mol. The summed E-state index contributed by atoms with van der Waals surface area (Å²) in [5.41, 5.74) is 5.14. The van der Waals surface area contributed by atoms with Crippen molar-refractivity contribution in [1.82, 2.24) is 4.90 Å². The Morgan fingerprint density at radius 3 is 3.00 bits per heavy atom. The molecule has 0 aromatic rings. The molecular weight excluding hydrogens is 256 g/mol. The van der Waals surface area contributed by atoms with E-state index in [0.717, 1.165) is 39.0 Å². The van der Waals surface area contributed by atoms with E-state index in [1.165, 1.54) is 19.3 Å². The third-order valence-electron chi connectivity index (χ3n) is 5.63. The molecule has 4 atom stereocenters. The first-order valence-corrected chi connectivity index (χ1v) is 7.99. The van der Waals surface area contributed by atoms with Gasteiger partial charge in [0.05, 0.1) is 12.7 Å². The average Bonchev–Trinajstić information content (AvgIpc) is 3.03. The summed E-state index contributed by atoms with van der Waals surface area (Å²) in [5.74, 6) is -0.691. The number of nitrogens with two attached hydrogens (primary N) is 1. The number of rotatable bonds is 4. The maximum absolute atomic E-state index is 11.4. The fourth-order valence-electron chi connectivity index (χ4n) is 4.39. The van der Waals surface area contributed by atoms with Crippen molar-refractivity contribution in [3.05, 3.63) is 0 Å². The number of morpholine rings is 1. The quantitative estimate of drug-likeness (QED) is 0.810. The molecule has 3 aliphatic rings. The Hall–Kier alpha value is -0.650. The Morgan fingerprint density at radius 2 is 2.20 bits per heavy atom. The Balaban J connectivity index is 1.57. The normalized spacial score (nSPS) is 41.8. The van der Waals surface area contributed by atoms with Crippen LogP contribution in [0.15, 0.2) is 0 Å². The highest BCUT2D eigenvalue weighted by atomic mass is 16.5. The lowest BCUT2D eigenvalue weighted by Gasteiger charge is -2.39. The lowest BCUT2D eigenvalue weighted by Crippen LogP contribution is -2.53. The van der Waals surface area contributed by atoms with Crippen molar-refractivity contribution < 1.29 is 14.6 Å². The van der Waals surface area contributed by atoms with Crippen molar-refractivity contribution in [2.24, 2.45) is 11.7 Å². The van der Waals surface area contributed by atoms with Crippen LogP contribution >= 0.6 is 0 Å². The molecule has 5 heteroatoms. The number of nitrogens with zero attached hydrogens (tertiary/aromatic N) is 1. The second-order valence-electron chi connectivity index (χ2n) is 6.67. The summed E-state index contributed by atoms with van der Waals surface area (Å²) in [6.07, 6.45) is 7.51. The van der Waals surface area contributed by atoms with Crippen LogP contribution < -0.4 is 5.73 Å². The third kappa shape index (κ3) is 2.47. The van der Waals surface area contributed by atoms with Crippen LogP contribution in [0.3, 0.4) is 0 Å². The minimum absolute atomic E-state index is 0.127. The molecule has 0 amide bonds. The molecule has 0 radical (unpaired) electrons. The summed E-state index contributed by atoms with van der Waals surface area (Å²) in [7, 11) is 0. The van der Waals surface area contributed by atoms with Gasteiger partial charge in [-0.15, -0.1) is 0 Å². The van der Waals surface area contributed by atoms with Gasteiger partial charge in [-0.1, -0.05) is 6.42 Å². The van der Waals surface area contributed by atoms with Crippen LogP contribution in [0.1, 0.15) is 44.9 Å². The van der Waals surface area contributed by atoms with Gasteiger partial charge in [0, 0.05) is 12.6 Å². The summed E-state index contributed by atoms with van der Waals surface area (Å²) in [5, 5.41) is 9.37. The maximum Gasteiger partial charge on any atom is 0.323 e. The van der Waals surface area contributed by atoms with Crippen molar-refractivity contribution in [3.63, 3.8) is 0 Å². The standard InChI is InChI=1S/C15H26N2O3/c16-15(14(18)19)7-2-3-11(15)6-8-17-9-10-20-13-5-1-4-12(13)17/h11-13H,1-10,16H2,(H,18,19). The van der Waals surface area contributed by atoms with Gasteiger partial charge in [0.1, 0.15) is 5.54 Å². The summed E-state index contributed by atoms with van der Waals surface area (Å²) < 4.78 is 5.82. The topological polar surface area (TPSA) is 75.8 Å². The molecule has 114 valence electrons. The second kappa shape index (κ2) is 5.62. The van der Waals surface area contributed by atoms with Gasteiger partial charge in [-0.05, 0) is 51.0 Å². The van der Waals surface area contributed by atoms with E-state index in [-0.39, 0.29) is 5.92 Å². The molecule has 3 rings (SSSR count). The van der Waals surface area contributed by atoms with Gasteiger partial charge in [0.25, 0.3) is 0 Å². The Morgan fingerprint density at radius 1 is 1.35 bits per heavy atom. The van der Waals surface area contributed by atoms with E-state index >= 15 is 0 Å². The molecule has 5 nitrogen and oxygen atoms in total. The van der Waals surface area contributed by atoms with Crippen LogP contribution in [0.4, 0.5) is 0 Å². The molecule has 2 aliphatic carbocycles. The fraction of sp³-hybridized carbons (Fsp3) is 0.933. The number of fused-ring (bicyclic) bond motifs is 1. The van der Waals surface area contributed by atoms with Crippen molar-refractivity contribution in [2.45, 2.75) is 62.6 Å². The zero-order chi connectivity index (χ0) is 14.2. The van der Waals surface area contributed by atoms with E-state index in [9.17, 15) is 9.90 Å². The lowest BCUT2D eigenvalue weighted by molar-refractivity contribution is -0.145. The highest BCUT2D eigenvalue weighted by molar-refractivity contribution is 5.79. The van der Waals surface area contributed by atoms with Gasteiger partial charge < -0.3 is 15.6 Å². The smallest absolute Gasteiger partial charge is 0.323 e. The fourth-order valence-corrected chi connectivity index (χ4v) is 4.39. The molecule has 1 heterocycles. The number of carbonyl (C=O) groups is 1. The zero-order valence-electron chi connectivity index (χ0n) is 12.1. The molecule has 2 saturated carbocycles. The van der Waals surface area contributed by atoms with Gasteiger partial charge in [-0.3, -0.25) is 9.69 Å². The van der Waals surface area contributed by atoms with Crippen LogP contribution in [0, 0.1) is 5.92 Å². The molecule has 3 fully saturated rings. The molecule has 1 saturated heterocycles. The largest absolute Gasteiger partial charge is 0.480 e. The van der Waals surface area contributed by atoms with Crippen LogP contribution in [0.25, 0.3) is 0 Å². The summed E-state index contributed by atoms with van der Waals surface area (Å²) in [6, 6.07) is 0.558. The maximum atomic E-state index is 11.4. The first kappa shape index (κ1) is 14.3. The first-order chi connectivity index (χ1) is 9.61. The number of aliphatic carboxylic acids is 1. The van der Waals surface area contributed by atoms with E-state index in [1.54, 1.807) is 0 Å². The van der Waals surface area contributed by atoms with E-state index in [4.69, 9.17) is 10.5 Å². The Kier molecular flexibility index (Phi) is 4.02. The molecule has 1 aliphatic heterocycles. The van der Waals surface area contributed by atoms with Gasteiger partial charge in [-0.25, -0.2) is 0 Å². The number of carboxylic acid groups (broad SMARTS) is 1. The molecule has 0 spiro atoms. The average molecular weight is 282 g/mol. The number of hydrogen-bond donors (Lipinski definition) is 2. The molecule has 20 heavy (non-hydrogen) atoms. The van der Waals surface area contributed by atoms with Crippen LogP contribution in [0.2, 0.25) is 0 Å². The number of hydrogen-bond acceptors (Lipinski definition) is 4. The molecule has 3 N–H and O–H groups in total. The van der Waals surface area contributed by atoms with E-state index in [2.05, 4.69) is 4.90 Å². The summed E-state index contributed by atoms with van der Waals surface area (Å²) in [6.45, 7) is 2.78. The van der Waals surface area contributed by atoms with Crippen LogP contribution in [0.5, 0.6) is 0 Å². The Bertz CT molecular complexity index is 376. The van der Waals surface area contributed by atoms with Gasteiger partial charge in [-0.2, -0.15) is 0 Å². The molecule has 0 aromatic heterocycles.